The average Bonchev–Trinajstić information content (AvgIpc) is 2.34. The molecule has 2 aliphatic heterocycles. The minimum atomic E-state index is 0.211. The zero-order chi connectivity index (χ0) is 6.97. The van der Waals surface area contributed by atoms with Gasteiger partial charge >= 0.3 is 0 Å². The van der Waals surface area contributed by atoms with Gasteiger partial charge in [-0.3, -0.25) is 9.69 Å². The molecular formula is C7H8N2O. The third-order valence-corrected chi connectivity index (χ3v) is 1.79. The lowest BCUT2D eigenvalue weighted by molar-refractivity contribution is -0.125. The van der Waals surface area contributed by atoms with E-state index in [0.29, 0.717) is 6.42 Å². The summed E-state index contributed by atoms with van der Waals surface area (Å²) in [7, 11) is 0. The summed E-state index contributed by atoms with van der Waals surface area (Å²) >= 11 is 0. The molecule has 2 rings (SSSR count). The Morgan fingerprint density at radius 3 is 3.20 bits per heavy atom. The average molecular weight is 136 g/mol. The van der Waals surface area contributed by atoms with Gasteiger partial charge in [-0.05, 0) is 6.08 Å². The van der Waals surface area contributed by atoms with Crippen LogP contribution in [0.2, 0.25) is 0 Å². The normalized spacial score (nSPS) is 23.0. The van der Waals surface area contributed by atoms with Crippen molar-refractivity contribution >= 4 is 11.7 Å². The van der Waals surface area contributed by atoms with Crippen LogP contribution >= 0.6 is 0 Å². The number of carbonyl (C=O) groups is 1. The van der Waals surface area contributed by atoms with Crippen LogP contribution in [0.4, 0.5) is 0 Å². The maximum atomic E-state index is 11.0. The van der Waals surface area contributed by atoms with Crippen molar-refractivity contribution in [3.63, 3.8) is 0 Å². The number of rotatable bonds is 0. The number of hydrogen-bond donors (Lipinski definition) is 0. The van der Waals surface area contributed by atoms with Crippen LogP contribution in [0.3, 0.4) is 0 Å². The Kier molecular flexibility index (Phi) is 1.09. The number of hydrogen-bond acceptors (Lipinski definition) is 2. The quantitative estimate of drug-likeness (QED) is 0.478. The van der Waals surface area contributed by atoms with Crippen molar-refractivity contribution in [3.05, 3.63) is 12.3 Å². The van der Waals surface area contributed by atoms with Crippen LogP contribution in [0.15, 0.2) is 17.3 Å². The van der Waals surface area contributed by atoms with E-state index in [1.165, 1.54) is 0 Å². The SMILES string of the molecule is O=C1CCC2=NC=CCN12. The zero-order valence-electron chi connectivity index (χ0n) is 5.58. The summed E-state index contributed by atoms with van der Waals surface area (Å²) in [4.78, 5) is 16.8. The second-order valence-corrected chi connectivity index (χ2v) is 2.43. The lowest BCUT2D eigenvalue weighted by Gasteiger charge is -2.16. The van der Waals surface area contributed by atoms with Crippen molar-refractivity contribution in [2.75, 3.05) is 6.54 Å². The molecule has 2 heterocycles. The molecule has 1 fully saturated rings. The fourth-order valence-corrected chi connectivity index (χ4v) is 1.27. The lowest BCUT2D eigenvalue weighted by Crippen LogP contribution is -2.30. The molecule has 0 unspecified atom stereocenters. The first-order valence-electron chi connectivity index (χ1n) is 3.40. The van der Waals surface area contributed by atoms with Crippen molar-refractivity contribution in [2.45, 2.75) is 12.8 Å². The third kappa shape index (κ3) is 0.667. The van der Waals surface area contributed by atoms with Crippen LogP contribution in [0.1, 0.15) is 12.8 Å². The molecule has 0 aromatic rings. The molecule has 0 bridgehead atoms. The second-order valence-electron chi connectivity index (χ2n) is 2.43. The van der Waals surface area contributed by atoms with Gasteiger partial charge in [-0.15, -0.1) is 0 Å². The Hall–Kier alpha value is -1.12. The van der Waals surface area contributed by atoms with E-state index in [4.69, 9.17) is 0 Å². The molecule has 0 spiro atoms. The number of aliphatic imine (C=N–C) groups is 1. The highest BCUT2D eigenvalue weighted by atomic mass is 16.2. The standard InChI is InChI=1S/C7H8N2O/c10-7-3-2-6-8-4-1-5-9(6)7/h1,4H,2-3,5H2. The lowest BCUT2D eigenvalue weighted by atomic mass is 10.3. The van der Waals surface area contributed by atoms with Gasteiger partial charge in [-0.1, -0.05) is 0 Å². The Morgan fingerprint density at radius 1 is 1.50 bits per heavy atom. The fraction of sp³-hybridized carbons (Fsp3) is 0.429. The van der Waals surface area contributed by atoms with Crippen LogP contribution in [0.5, 0.6) is 0 Å². The first-order chi connectivity index (χ1) is 4.88. The Bertz CT molecular complexity index is 230. The summed E-state index contributed by atoms with van der Waals surface area (Å²) in [6.07, 6.45) is 5.13. The topological polar surface area (TPSA) is 32.7 Å². The monoisotopic (exact) mass is 136 g/mol. The molecule has 52 valence electrons. The Balaban J connectivity index is 2.31. The molecule has 1 saturated heterocycles. The predicted molar refractivity (Wildman–Crippen MR) is 37.5 cm³/mol. The molecule has 0 aromatic heterocycles. The molecular weight excluding hydrogens is 128 g/mol. The van der Waals surface area contributed by atoms with Gasteiger partial charge in [-0.25, -0.2) is 4.99 Å². The predicted octanol–water partition coefficient (Wildman–Crippen LogP) is 0.535. The van der Waals surface area contributed by atoms with Gasteiger partial charge in [0, 0.05) is 25.6 Å². The summed E-state index contributed by atoms with van der Waals surface area (Å²) in [6, 6.07) is 0. The summed E-state index contributed by atoms with van der Waals surface area (Å²) in [6.45, 7) is 0.720. The van der Waals surface area contributed by atoms with Crippen LogP contribution < -0.4 is 0 Å². The van der Waals surface area contributed by atoms with Crippen LogP contribution in [0.25, 0.3) is 0 Å². The number of amides is 1. The molecule has 0 aromatic carbocycles. The first kappa shape index (κ1) is 5.65. The number of amidine groups is 1. The van der Waals surface area contributed by atoms with E-state index in [-0.39, 0.29) is 5.91 Å². The fourth-order valence-electron chi connectivity index (χ4n) is 1.27. The minimum Gasteiger partial charge on any atom is -0.296 e. The number of carbonyl (C=O) groups excluding carboxylic acids is 1. The Morgan fingerprint density at radius 2 is 2.40 bits per heavy atom. The minimum absolute atomic E-state index is 0.211. The van der Waals surface area contributed by atoms with Crippen LogP contribution in [0, 0.1) is 0 Å². The van der Waals surface area contributed by atoms with Gasteiger partial charge in [0.15, 0.2) is 0 Å². The highest BCUT2D eigenvalue weighted by Gasteiger charge is 2.26. The molecule has 1 amide bonds. The molecule has 10 heavy (non-hydrogen) atoms. The largest absolute Gasteiger partial charge is 0.296 e. The molecule has 0 aliphatic carbocycles. The van der Waals surface area contributed by atoms with Gasteiger partial charge in [0.2, 0.25) is 5.91 Å². The Labute approximate surface area is 59.0 Å². The maximum absolute atomic E-state index is 11.0. The maximum Gasteiger partial charge on any atom is 0.228 e. The summed E-state index contributed by atoms with van der Waals surface area (Å²) in [5.74, 6) is 1.15. The summed E-state index contributed by atoms with van der Waals surface area (Å²) in [5, 5.41) is 0. The van der Waals surface area contributed by atoms with E-state index < -0.39 is 0 Å². The highest BCUT2D eigenvalue weighted by molar-refractivity contribution is 6.05. The van der Waals surface area contributed by atoms with E-state index >= 15 is 0 Å². The van der Waals surface area contributed by atoms with E-state index in [9.17, 15) is 4.79 Å². The number of fused-ring (bicyclic) bond motifs is 1. The second kappa shape index (κ2) is 1.94. The third-order valence-electron chi connectivity index (χ3n) is 1.79. The van der Waals surface area contributed by atoms with Gasteiger partial charge < -0.3 is 0 Å². The molecule has 0 N–H and O–H groups in total. The van der Waals surface area contributed by atoms with Crippen molar-refractivity contribution in [3.8, 4) is 0 Å². The van der Waals surface area contributed by atoms with Crippen LogP contribution in [-0.4, -0.2) is 23.2 Å². The molecule has 0 radical (unpaired) electrons. The summed E-state index contributed by atoms with van der Waals surface area (Å²) in [5.41, 5.74) is 0. The molecule has 0 atom stereocenters. The highest BCUT2D eigenvalue weighted by Crippen LogP contribution is 2.15. The van der Waals surface area contributed by atoms with Crippen molar-refractivity contribution in [1.29, 1.82) is 0 Å². The zero-order valence-corrected chi connectivity index (χ0v) is 5.58. The van der Waals surface area contributed by atoms with E-state index in [1.54, 1.807) is 11.1 Å². The van der Waals surface area contributed by atoms with Gasteiger partial charge in [0.25, 0.3) is 0 Å². The van der Waals surface area contributed by atoms with Gasteiger partial charge in [0.05, 0.1) is 0 Å². The van der Waals surface area contributed by atoms with E-state index in [0.717, 1.165) is 18.8 Å². The van der Waals surface area contributed by atoms with Gasteiger partial charge in [0.1, 0.15) is 5.84 Å². The van der Waals surface area contributed by atoms with E-state index in [2.05, 4.69) is 4.99 Å². The molecule has 3 heteroatoms. The number of nitrogens with zero attached hydrogens (tertiary/aromatic N) is 2. The van der Waals surface area contributed by atoms with Crippen molar-refractivity contribution < 1.29 is 4.79 Å². The van der Waals surface area contributed by atoms with Crippen molar-refractivity contribution in [2.24, 2.45) is 4.99 Å². The van der Waals surface area contributed by atoms with E-state index in [1.807, 2.05) is 6.08 Å². The molecule has 2 aliphatic rings. The van der Waals surface area contributed by atoms with Gasteiger partial charge in [-0.2, -0.15) is 0 Å². The first-order valence-corrected chi connectivity index (χ1v) is 3.40. The molecule has 0 saturated carbocycles. The summed E-state index contributed by atoms with van der Waals surface area (Å²) < 4.78 is 0. The van der Waals surface area contributed by atoms with Crippen LogP contribution in [-0.2, 0) is 4.79 Å². The van der Waals surface area contributed by atoms with Crippen molar-refractivity contribution in [1.82, 2.24) is 4.90 Å². The molecule has 3 nitrogen and oxygen atoms in total. The smallest absolute Gasteiger partial charge is 0.228 e.